The quantitative estimate of drug-likeness (QED) is 0.376. The Balaban J connectivity index is 1.55. The van der Waals surface area contributed by atoms with Gasteiger partial charge in [0.15, 0.2) is 6.10 Å². The van der Waals surface area contributed by atoms with Crippen LogP contribution >= 0.6 is 0 Å². The molecule has 6 N–H and O–H groups in total. The van der Waals surface area contributed by atoms with Crippen LogP contribution in [0.15, 0.2) is 42.5 Å². The number of phenolic OH excluding ortho intramolecular Hbond substituents is 1. The molecule has 0 aliphatic carbocycles. The molecule has 1 fully saturated rings. The highest BCUT2D eigenvalue weighted by atomic mass is 16.7. The summed E-state index contributed by atoms with van der Waals surface area (Å²) in [7, 11) is 0. The number of aliphatic hydroxyl groups excluding tert-OH is 4. The van der Waals surface area contributed by atoms with Gasteiger partial charge in [0.25, 0.3) is 0 Å². The van der Waals surface area contributed by atoms with Gasteiger partial charge in [-0.1, -0.05) is 18.2 Å². The van der Waals surface area contributed by atoms with E-state index >= 15 is 0 Å². The van der Waals surface area contributed by atoms with Gasteiger partial charge in [0.05, 0.1) is 6.10 Å². The van der Waals surface area contributed by atoms with Gasteiger partial charge in [0, 0.05) is 12.5 Å². The Bertz CT molecular complexity index is 963. The van der Waals surface area contributed by atoms with Crippen molar-refractivity contribution in [3.63, 3.8) is 0 Å². The molecule has 166 valence electrons. The fraction of sp³-hybridized carbons (Fsp3) is 0.381. The number of phenols is 1. The average Bonchev–Trinajstić information content (AvgIpc) is 2.73. The van der Waals surface area contributed by atoms with Gasteiger partial charge in [-0.05, 0) is 29.3 Å². The van der Waals surface area contributed by atoms with Crippen molar-refractivity contribution in [2.24, 2.45) is 0 Å². The van der Waals surface area contributed by atoms with E-state index in [-0.39, 0.29) is 17.9 Å². The molecule has 0 amide bonds. The summed E-state index contributed by atoms with van der Waals surface area (Å²) in [6.45, 7) is 0. The smallest absolute Gasteiger partial charge is 0.335 e. The van der Waals surface area contributed by atoms with Gasteiger partial charge >= 0.3 is 5.97 Å². The summed E-state index contributed by atoms with van der Waals surface area (Å²) in [5.41, 5.74) is 1.28. The largest absolute Gasteiger partial charge is 0.508 e. The van der Waals surface area contributed by atoms with Gasteiger partial charge in [-0.3, -0.25) is 0 Å². The van der Waals surface area contributed by atoms with Crippen LogP contribution < -0.4 is 9.47 Å². The fourth-order valence-electron chi connectivity index (χ4n) is 3.71. The molecular weight excluding hydrogens is 412 g/mol. The summed E-state index contributed by atoms with van der Waals surface area (Å²) < 4.78 is 16.6. The Morgan fingerprint density at radius 2 is 1.77 bits per heavy atom. The van der Waals surface area contributed by atoms with Crippen LogP contribution in [0.4, 0.5) is 0 Å². The first-order valence-electron chi connectivity index (χ1n) is 9.60. The van der Waals surface area contributed by atoms with Crippen molar-refractivity contribution < 1.29 is 49.6 Å². The number of ether oxygens (including phenoxy) is 3. The van der Waals surface area contributed by atoms with Crippen LogP contribution in [0, 0.1) is 0 Å². The first-order valence-corrected chi connectivity index (χ1v) is 9.60. The maximum Gasteiger partial charge on any atom is 0.335 e. The van der Waals surface area contributed by atoms with Gasteiger partial charge < -0.3 is 44.8 Å². The normalized spacial score (nSPS) is 32.6. The van der Waals surface area contributed by atoms with Crippen LogP contribution in [0.5, 0.6) is 17.2 Å². The maximum atomic E-state index is 11.2. The minimum atomic E-state index is -1.82. The van der Waals surface area contributed by atoms with Gasteiger partial charge in [-0.2, -0.15) is 0 Å². The zero-order chi connectivity index (χ0) is 22.3. The lowest BCUT2D eigenvalue weighted by atomic mass is 9.94. The zero-order valence-electron chi connectivity index (χ0n) is 16.1. The van der Waals surface area contributed by atoms with E-state index in [0.717, 1.165) is 0 Å². The molecule has 0 aromatic heterocycles. The number of rotatable bonds is 4. The Morgan fingerprint density at radius 3 is 2.48 bits per heavy atom. The molecule has 7 unspecified atom stereocenters. The molecular formula is C21H22O10. The van der Waals surface area contributed by atoms with Crippen molar-refractivity contribution in [3.05, 3.63) is 53.6 Å². The predicted octanol–water partition coefficient (Wildman–Crippen LogP) is -0.300. The van der Waals surface area contributed by atoms with Gasteiger partial charge in [-0.15, -0.1) is 0 Å². The number of carboxylic acids is 1. The molecule has 7 atom stereocenters. The number of benzene rings is 2. The minimum Gasteiger partial charge on any atom is -0.508 e. The summed E-state index contributed by atoms with van der Waals surface area (Å²) in [5.74, 6) is -0.935. The highest BCUT2D eigenvalue weighted by molar-refractivity contribution is 5.73. The Morgan fingerprint density at radius 1 is 1.00 bits per heavy atom. The number of hydrogen-bond acceptors (Lipinski definition) is 9. The number of aliphatic hydroxyl groups is 4. The minimum absolute atomic E-state index is 0.0355. The summed E-state index contributed by atoms with van der Waals surface area (Å²) >= 11 is 0. The first kappa shape index (κ1) is 21.3. The lowest BCUT2D eigenvalue weighted by Crippen LogP contribution is -2.61. The van der Waals surface area contributed by atoms with Crippen LogP contribution in [0.2, 0.25) is 0 Å². The molecule has 10 nitrogen and oxygen atoms in total. The van der Waals surface area contributed by atoms with E-state index in [0.29, 0.717) is 16.9 Å². The van der Waals surface area contributed by atoms with Crippen LogP contribution in [0.1, 0.15) is 17.2 Å². The second-order valence-electron chi connectivity index (χ2n) is 7.53. The van der Waals surface area contributed by atoms with Crippen molar-refractivity contribution >= 4 is 5.97 Å². The lowest BCUT2D eigenvalue weighted by Gasteiger charge is -2.38. The topological polar surface area (TPSA) is 166 Å². The van der Waals surface area contributed by atoms with Crippen molar-refractivity contribution in [3.8, 4) is 17.2 Å². The second-order valence-corrected chi connectivity index (χ2v) is 7.53. The van der Waals surface area contributed by atoms with Crippen molar-refractivity contribution in [2.75, 3.05) is 0 Å². The molecule has 4 rings (SSSR count). The number of aliphatic carboxylic acids is 1. The molecule has 2 heterocycles. The van der Waals surface area contributed by atoms with Gasteiger partial charge in [0.2, 0.25) is 6.29 Å². The number of fused-ring (bicyclic) bond motifs is 1. The highest BCUT2D eigenvalue weighted by Gasteiger charge is 2.48. The molecule has 2 aromatic rings. The standard InChI is InChI=1S/C21H22O10/c22-11-3-1-2-10(6-11)18-13(23)7-9-4-5-12(8-14(9)30-18)29-21-17(26)15(24)16(25)19(31-21)20(27)28/h1-6,8,13,15-19,21-26H,7H2,(H,27,28). The third kappa shape index (κ3) is 4.16. The zero-order valence-corrected chi connectivity index (χ0v) is 16.1. The average molecular weight is 434 g/mol. The van der Waals surface area contributed by atoms with Gasteiger partial charge in [-0.25, -0.2) is 4.79 Å². The van der Waals surface area contributed by atoms with E-state index in [4.69, 9.17) is 19.3 Å². The Labute approximate surface area is 176 Å². The molecule has 2 aromatic carbocycles. The summed E-state index contributed by atoms with van der Waals surface area (Å²) in [5, 5.41) is 59.1. The number of carbonyl (C=O) groups is 1. The van der Waals surface area contributed by atoms with E-state index in [1.54, 1.807) is 18.2 Å². The fourth-order valence-corrected chi connectivity index (χ4v) is 3.71. The number of aromatic hydroxyl groups is 1. The second kappa shape index (κ2) is 8.33. The first-order chi connectivity index (χ1) is 14.7. The summed E-state index contributed by atoms with van der Waals surface area (Å²) in [6.07, 6.45) is -9.91. The SMILES string of the molecule is O=C(O)C1OC(Oc2ccc3c(c2)OC(c2cccc(O)c2)C(O)C3)C(O)C(O)C1O. The highest BCUT2D eigenvalue weighted by Crippen LogP contribution is 2.38. The monoisotopic (exact) mass is 434 g/mol. The number of carboxylic acid groups (broad SMARTS) is 1. The van der Waals surface area contributed by atoms with E-state index in [1.165, 1.54) is 24.3 Å². The summed E-state index contributed by atoms with van der Waals surface area (Å²) in [4.78, 5) is 11.2. The van der Waals surface area contributed by atoms with Gasteiger partial charge in [0.1, 0.15) is 41.7 Å². The summed E-state index contributed by atoms with van der Waals surface area (Å²) in [6, 6.07) is 11.0. The molecule has 1 saturated heterocycles. The maximum absolute atomic E-state index is 11.2. The molecule has 2 aliphatic rings. The van der Waals surface area contributed by atoms with Crippen molar-refractivity contribution in [2.45, 2.75) is 49.3 Å². The van der Waals surface area contributed by atoms with Crippen molar-refractivity contribution in [1.29, 1.82) is 0 Å². The van der Waals surface area contributed by atoms with Crippen LogP contribution in [-0.2, 0) is 16.0 Å². The molecule has 2 aliphatic heterocycles. The molecule has 0 bridgehead atoms. The van der Waals surface area contributed by atoms with Crippen LogP contribution in [0.25, 0.3) is 0 Å². The molecule has 31 heavy (non-hydrogen) atoms. The van der Waals surface area contributed by atoms with Crippen LogP contribution in [0.3, 0.4) is 0 Å². The lowest BCUT2D eigenvalue weighted by molar-refractivity contribution is -0.271. The van der Waals surface area contributed by atoms with E-state index in [1.807, 2.05) is 0 Å². The third-order valence-electron chi connectivity index (χ3n) is 5.34. The predicted molar refractivity (Wildman–Crippen MR) is 103 cm³/mol. The van der Waals surface area contributed by atoms with E-state index in [9.17, 15) is 30.3 Å². The molecule has 0 radical (unpaired) electrons. The Kier molecular flexibility index (Phi) is 5.73. The molecule has 10 heteroatoms. The van der Waals surface area contributed by atoms with E-state index < -0.39 is 48.9 Å². The van der Waals surface area contributed by atoms with E-state index in [2.05, 4.69) is 0 Å². The van der Waals surface area contributed by atoms with Crippen LogP contribution in [-0.4, -0.2) is 73.4 Å². The Hall–Kier alpha value is -2.89. The van der Waals surface area contributed by atoms with Crippen molar-refractivity contribution in [1.82, 2.24) is 0 Å². The molecule has 0 saturated carbocycles. The third-order valence-corrected chi connectivity index (χ3v) is 5.34. The molecule has 0 spiro atoms. The number of hydrogen-bond donors (Lipinski definition) is 6.